The zero-order valence-corrected chi connectivity index (χ0v) is 12.9. The van der Waals surface area contributed by atoms with E-state index in [0.29, 0.717) is 5.58 Å². The molecule has 1 N–H and O–H groups in total. The number of halogens is 1. The van der Waals surface area contributed by atoms with E-state index < -0.39 is 17.4 Å². The molecule has 1 aromatic heterocycles. The number of carbonyl (C=O) groups is 2. The van der Waals surface area contributed by atoms with Gasteiger partial charge in [-0.15, -0.1) is 0 Å². The van der Waals surface area contributed by atoms with Gasteiger partial charge in [-0.05, 0) is 38.1 Å². The molecule has 0 aliphatic rings. The maximum absolute atomic E-state index is 12.3. The summed E-state index contributed by atoms with van der Waals surface area (Å²) in [5, 5.41) is 9.93. The number of amides is 1. The fourth-order valence-electron chi connectivity index (χ4n) is 1.68. The van der Waals surface area contributed by atoms with Crippen LogP contribution in [0.3, 0.4) is 0 Å². The molecule has 0 atom stereocenters. The molecule has 106 valence electrons. The summed E-state index contributed by atoms with van der Waals surface area (Å²) in [6, 6.07) is 7.00. The van der Waals surface area contributed by atoms with Crippen molar-refractivity contribution < 1.29 is 19.1 Å². The highest BCUT2D eigenvalue weighted by Crippen LogP contribution is 2.25. The molecular weight excluding hydrogens is 326 g/mol. The molecule has 5 nitrogen and oxygen atoms in total. The van der Waals surface area contributed by atoms with Gasteiger partial charge in [-0.2, -0.15) is 0 Å². The lowest BCUT2D eigenvalue weighted by Gasteiger charge is -2.30. The molecule has 2 rings (SSSR count). The Hall–Kier alpha value is -1.82. The summed E-state index contributed by atoms with van der Waals surface area (Å²) in [5.74, 6) is -1.42. The van der Waals surface area contributed by atoms with Crippen LogP contribution in [-0.2, 0) is 4.79 Å². The fourth-order valence-corrected chi connectivity index (χ4v) is 2.06. The van der Waals surface area contributed by atoms with Crippen molar-refractivity contribution in [2.24, 2.45) is 0 Å². The third-order valence-corrected chi connectivity index (χ3v) is 3.85. The Labute approximate surface area is 124 Å². The van der Waals surface area contributed by atoms with E-state index in [0.717, 1.165) is 14.8 Å². The van der Waals surface area contributed by atoms with Crippen molar-refractivity contribution >= 4 is 38.8 Å². The molecular formula is C14H14BrNO4. The van der Waals surface area contributed by atoms with Crippen molar-refractivity contribution in [3.05, 3.63) is 34.5 Å². The maximum Gasteiger partial charge on any atom is 0.329 e. The minimum Gasteiger partial charge on any atom is -0.480 e. The first-order valence-electron chi connectivity index (χ1n) is 5.94. The predicted molar refractivity (Wildman–Crippen MR) is 77.7 cm³/mol. The van der Waals surface area contributed by atoms with Gasteiger partial charge in [-0.1, -0.05) is 15.9 Å². The summed E-state index contributed by atoms with van der Waals surface area (Å²) < 4.78 is 6.35. The molecule has 2 aromatic rings. The van der Waals surface area contributed by atoms with Crippen molar-refractivity contribution in [3.63, 3.8) is 0 Å². The van der Waals surface area contributed by atoms with Gasteiger partial charge in [0.15, 0.2) is 5.76 Å². The highest BCUT2D eigenvalue weighted by Gasteiger charge is 2.36. The number of carboxylic acid groups (broad SMARTS) is 1. The summed E-state index contributed by atoms with van der Waals surface area (Å²) in [5.41, 5.74) is -0.727. The number of rotatable bonds is 3. The summed E-state index contributed by atoms with van der Waals surface area (Å²) in [4.78, 5) is 24.6. The van der Waals surface area contributed by atoms with Crippen LogP contribution in [0.25, 0.3) is 11.0 Å². The zero-order valence-electron chi connectivity index (χ0n) is 11.3. The molecule has 0 bridgehead atoms. The third kappa shape index (κ3) is 2.43. The van der Waals surface area contributed by atoms with Crippen molar-refractivity contribution in [3.8, 4) is 0 Å². The van der Waals surface area contributed by atoms with Crippen LogP contribution in [0.5, 0.6) is 0 Å². The summed E-state index contributed by atoms with van der Waals surface area (Å²) in [6.07, 6.45) is 0. The normalized spacial score (nSPS) is 11.6. The third-order valence-electron chi connectivity index (χ3n) is 3.36. The molecule has 20 heavy (non-hydrogen) atoms. The van der Waals surface area contributed by atoms with Crippen LogP contribution >= 0.6 is 15.9 Å². The lowest BCUT2D eigenvalue weighted by molar-refractivity contribution is -0.147. The second kappa shape index (κ2) is 4.94. The molecule has 0 radical (unpaired) electrons. The molecule has 0 unspecified atom stereocenters. The van der Waals surface area contributed by atoms with E-state index in [2.05, 4.69) is 15.9 Å². The van der Waals surface area contributed by atoms with Crippen LogP contribution in [0.1, 0.15) is 24.4 Å². The Morgan fingerprint density at radius 3 is 2.55 bits per heavy atom. The number of hydrogen-bond acceptors (Lipinski definition) is 3. The molecule has 1 aromatic carbocycles. The number of carboxylic acids is 1. The summed E-state index contributed by atoms with van der Waals surface area (Å²) in [6.45, 7) is 2.93. The average molecular weight is 340 g/mol. The first-order chi connectivity index (χ1) is 9.23. The van der Waals surface area contributed by atoms with E-state index in [1.165, 1.54) is 20.9 Å². The first kappa shape index (κ1) is 14.6. The van der Waals surface area contributed by atoms with Crippen LogP contribution in [-0.4, -0.2) is 34.5 Å². The molecule has 1 amide bonds. The van der Waals surface area contributed by atoms with E-state index in [4.69, 9.17) is 9.52 Å². The van der Waals surface area contributed by atoms with Gasteiger partial charge in [0.25, 0.3) is 5.91 Å². The topological polar surface area (TPSA) is 70.8 Å². The van der Waals surface area contributed by atoms with Gasteiger partial charge in [0.2, 0.25) is 0 Å². The van der Waals surface area contributed by atoms with E-state index in [1.54, 1.807) is 12.1 Å². The van der Waals surface area contributed by atoms with Gasteiger partial charge in [-0.3, -0.25) is 4.79 Å². The number of hydrogen-bond donors (Lipinski definition) is 1. The Morgan fingerprint density at radius 1 is 1.30 bits per heavy atom. The van der Waals surface area contributed by atoms with Crippen LogP contribution < -0.4 is 0 Å². The SMILES string of the molecule is CN(C(=O)c1cc2cc(Br)ccc2o1)C(C)(C)C(=O)O. The smallest absolute Gasteiger partial charge is 0.329 e. The number of nitrogens with zero attached hydrogens (tertiary/aromatic N) is 1. The highest BCUT2D eigenvalue weighted by atomic mass is 79.9. The van der Waals surface area contributed by atoms with Crippen LogP contribution in [0.4, 0.5) is 0 Å². The number of carbonyl (C=O) groups excluding carboxylic acids is 1. The van der Waals surface area contributed by atoms with Crippen molar-refractivity contribution in [1.82, 2.24) is 4.90 Å². The average Bonchev–Trinajstić information content (AvgIpc) is 2.79. The van der Waals surface area contributed by atoms with Gasteiger partial charge in [0.1, 0.15) is 11.1 Å². The van der Waals surface area contributed by atoms with Gasteiger partial charge in [0, 0.05) is 16.9 Å². The van der Waals surface area contributed by atoms with Crippen LogP contribution in [0.2, 0.25) is 0 Å². The Balaban J connectivity index is 2.38. The van der Waals surface area contributed by atoms with Gasteiger partial charge in [0.05, 0.1) is 0 Å². The second-order valence-electron chi connectivity index (χ2n) is 5.02. The monoisotopic (exact) mass is 339 g/mol. The lowest BCUT2D eigenvalue weighted by Crippen LogP contribution is -2.50. The zero-order chi connectivity index (χ0) is 15.1. The van der Waals surface area contributed by atoms with Crippen molar-refractivity contribution in [2.75, 3.05) is 7.05 Å². The number of aliphatic carboxylic acids is 1. The van der Waals surface area contributed by atoms with Crippen LogP contribution in [0.15, 0.2) is 33.2 Å². The Bertz CT molecular complexity index is 690. The van der Waals surface area contributed by atoms with Gasteiger partial charge in [-0.25, -0.2) is 4.79 Å². The quantitative estimate of drug-likeness (QED) is 0.932. The number of benzene rings is 1. The fraction of sp³-hybridized carbons (Fsp3) is 0.286. The number of fused-ring (bicyclic) bond motifs is 1. The Kier molecular flexibility index (Phi) is 3.60. The minimum atomic E-state index is -1.31. The standard InChI is InChI=1S/C14H14BrNO4/c1-14(2,13(18)19)16(3)12(17)11-7-8-6-9(15)4-5-10(8)20-11/h4-7H,1-3H3,(H,18,19). The van der Waals surface area contributed by atoms with E-state index in [9.17, 15) is 9.59 Å². The largest absolute Gasteiger partial charge is 0.480 e. The highest BCUT2D eigenvalue weighted by molar-refractivity contribution is 9.10. The van der Waals surface area contributed by atoms with Gasteiger partial charge < -0.3 is 14.4 Å². The molecule has 0 saturated carbocycles. The molecule has 0 aliphatic carbocycles. The molecule has 0 spiro atoms. The van der Waals surface area contributed by atoms with E-state index in [1.807, 2.05) is 12.1 Å². The van der Waals surface area contributed by atoms with Crippen LogP contribution in [0, 0.1) is 0 Å². The van der Waals surface area contributed by atoms with Crippen molar-refractivity contribution in [1.29, 1.82) is 0 Å². The molecule has 0 fully saturated rings. The van der Waals surface area contributed by atoms with Crippen molar-refractivity contribution in [2.45, 2.75) is 19.4 Å². The molecule has 1 heterocycles. The predicted octanol–water partition coefficient (Wildman–Crippen LogP) is 3.13. The lowest BCUT2D eigenvalue weighted by atomic mass is 10.0. The Morgan fingerprint density at radius 2 is 1.95 bits per heavy atom. The number of furan rings is 1. The minimum absolute atomic E-state index is 0.120. The molecule has 0 saturated heterocycles. The molecule has 6 heteroatoms. The molecule has 0 aliphatic heterocycles. The summed E-state index contributed by atoms with van der Waals surface area (Å²) >= 11 is 3.34. The maximum atomic E-state index is 12.3. The first-order valence-corrected chi connectivity index (χ1v) is 6.73. The van der Waals surface area contributed by atoms with Gasteiger partial charge >= 0.3 is 5.97 Å². The number of likely N-dealkylation sites (N-methyl/N-ethyl adjacent to an activating group) is 1. The van der Waals surface area contributed by atoms with E-state index in [-0.39, 0.29) is 5.76 Å². The van der Waals surface area contributed by atoms with E-state index >= 15 is 0 Å². The second-order valence-corrected chi connectivity index (χ2v) is 5.94. The summed E-state index contributed by atoms with van der Waals surface area (Å²) in [7, 11) is 1.44.